The lowest BCUT2D eigenvalue weighted by molar-refractivity contribution is 0.519. The molecule has 0 aliphatic carbocycles. The Labute approximate surface area is 132 Å². The SMILES string of the molecule is C/C=C\C1=C(C)C(=C\C=C/CC)/NC(c2ccc(C)s2)N1. The van der Waals surface area contributed by atoms with E-state index in [-0.39, 0.29) is 6.17 Å². The summed E-state index contributed by atoms with van der Waals surface area (Å²) in [5.74, 6) is 0. The van der Waals surface area contributed by atoms with E-state index in [1.165, 1.54) is 26.7 Å². The van der Waals surface area contributed by atoms with Crippen LogP contribution >= 0.6 is 11.3 Å². The van der Waals surface area contributed by atoms with E-state index in [1.807, 2.05) is 11.3 Å². The van der Waals surface area contributed by atoms with Gasteiger partial charge in [0.2, 0.25) is 0 Å². The number of thiophene rings is 1. The maximum absolute atomic E-state index is 3.60. The highest BCUT2D eigenvalue weighted by Gasteiger charge is 2.21. The smallest absolute Gasteiger partial charge is 0.132 e. The fraction of sp³-hybridized carbons (Fsp3) is 0.333. The van der Waals surface area contributed by atoms with Crippen LogP contribution in [0.3, 0.4) is 0 Å². The van der Waals surface area contributed by atoms with Crippen molar-refractivity contribution in [3.05, 3.63) is 69.2 Å². The molecule has 0 fully saturated rings. The van der Waals surface area contributed by atoms with Gasteiger partial charge in [-0.1, -0.05) is 25.2 Å². The summed E-state index contributed by atoms with van der Waals surface area (Å²) >= 11 is 1.83. The molecule has 0 radical (unpaired) electrons. The Kier molecular flexibility index (Phi) is 5.45. The van der Waals surface area contributed by atoms with E-state index in [9.17, 15) is 0 Å². The van der Waals surface area contributed by atoms with Gasteiger partial charge < -0.3 is 10.6 Å². The predicted molar refractivity (Wildman–Crippen MR) is 93.1 cm³/mol. The minimum atomic E-state index is 0.139. The van der Waals surface area contributed by atoms with Crippen molar-refractivity contribution in [1.29, 1.82) is 0 Å². The van der Waals surface area contributed by atoms with E-state index < -0.39 is 0 Å². The normalized spacial score (nSPS) is 21.3. The standard InChI is InChI=1S/C18H24N2S/c1-5-7-8-10-16-14(4)15(9-6-2)19-18(20-16)17-12-11-13(3)21-17/h6-12,18-20H,5H2,1-4H3/b8-7-,9-6-,16-10+. The second-order valence-corrected chi connectivity index (χ2v) is 6.44. The molecular formula is C18H24N2S. The molecule has 1 aliphatic rings. The lowest BCUT2D eigenvalue weighted by Crippen LogP contribution is -2.37. The number of allylic oxidation sites excluding steroid dienone is 6. The van der Waals surface area contributed by atoms with E-state index in [2.05, 4.69) is 80.8 Å². The monoisotopic (exact) mass is 300 g/mol. The van der Waals surface area contributed by atoms with Gasteiger partial charge in [0, 0.05) is 21.1 Å². The van der Waals surface area contributed by atoms with Crippen molar-refractivity contribution < 1.29 is 0 Å². The average molecular weight is 300 g/mol. The molecule has 1 aromatic heterocycles. The Bertz CT molecular complexity index is 602. The third-order valence-electron chi connectivity index (χ3n) is 3.42. The summed E-state index contributed by atoms with van der Waals surface area (Å²) in [6.07, 6.45) is 11.9. The molecule has 2 heterocycles. The number of hydrogen-bond donors (Lipinski definition) is 2. The first kappa shape index (κ1) is 15.6. The van der Waals surface area contributed by atoms with Gasteiger partial charge in [0.15, 0.2) is 0 Å². The summed E-state index contributed by atoms with van der Waals surface area (Å²) in [7, 11) is 0. The Morgan fingerprint density at radius 1 is 1.24 bits per heavy atom. The van der Waals surface area contributed by atoms with Gasteiger partial charge in [-0.2, -0.15) is 0 Å². The second kappa shape index (κ2) is 7.32. The van der Waals surface area contributed by atoms with Crippen LogP contribution in [0.5, 0.6) is 0 Å². The Morgan fingerprint density at radius 3 is 2.67 bits per heavy atom. The molecule has 0 aromatic carbocycles. The molecule has 0 bridgehead atoms. The second-order valence-electron chi connectivity index (χ2n) is 5.13. The van der Waals surface area contributed by atoms with Crippen molar-refractivity contribution in [2.24, 2.45) is 0 Å². The molecule has 112 valence electrons. The number of rotatable bonds is 4. The molecule has 1 unspecified atom stereocenters. The predicted octanol–water partition coefficient (Wildman–Crippen LogP) is 4.95. The Hall–Kier alpha value is -1.74. The zero-order chi connectivity index (χ0) is 15.2. The molecule has 2 rings (SSSR count). The highest BCUT2D eigenvalue weighted by atomic mass is 32.1. The molecular weight excluding hydrogens is 276 g/mol. The summed E-state index contributed by atoms with van der Waals surface area (Å²) in [6.45, 7) is 8.49. The maximum Gasteiger partial charge on any atom is 0.132 e. The van der Waals surface area contributed by atoms with Gasteiger partial charge in [-0.15, -0.1) is 11.3 Å². The molecule has 2 N–H and O–H groups in total. The van der Waals surface area contributed by atoms with E-state index >= 15 is 0 Å². The summed E-state index contributed by atoms with van der Waals surface area (Å²) in [5, 5.41) is 7.18. The van der Waals surface area contributed by atoms with Crippen molar-refractivity contribution >= 4 is 11.3 Å². The van der Waals surface area contributed by atoms with Crippen molar-refractivity contribution in [2.75, 3.05) is 0 Å². The van der Waals surface area contributed by atoms with E-state index in [0.717, 1.165) is 6.42 Å². The third-order valence-corrected chi connectivity index (χ3v) is 4.49. The fourth-order valence-electron chi connectivity index (χ4n) is 2.27. The molecule has 1 atom stereocenters. The van der Waals surface area contributed by atoms with Crippen molar-refractivity contribution in [1.82, 2.24) is 10.6 Å². The van der Waals surface area contributed by atoms with Gasteiger partial charge in [0.1, 0.15) is 6.17 Å². The molecule has 3 heteroatoms. The first-order valence-electron chi connectivity index (χ1n) is 7.46. The van der Waals surface area contributed by atoms with Crippen LogP contribution in [0, 0.1) is 6.92 Å². The van der Waals surface area contributed by atoms with Crippen LogP contribution in [-0.2, 0) is 0 Å². The zero-order valence-corrected chi connectivity index (χ0v) is 14.1. The van der Waals surface area contributed by atoms with Gasteiger partial charge >= 0.3 is 0 Å². The first-order valence-corrected chi connectivity index (χ1v) is 8.27. The lowest BCUT2D eigenvalue weighted by atomic mass is 10.1. The van der Waals surface area contributed by atoms with Crippen LogP contribution in [0.15, 0.2) is 59.5 Å². The summed E-state index contributed by atoms with van der Waals surface area (Å²) in [4.78, 5) is 2.65. The van der Waals surface area contributed by atoms with Crippen LogP contribution < -0.4 is 10.6 Å². The molecule has 21 heavy (non-hydrogen) atoms. The summed E-state index contributed by atoms with van der Waals surface area (Å²) in [5.41, 5.74) is 3.62. The molecule has 0 amide bonds. The number of nitrogens with one attached hydrogen (secondary N) is 2. The molecule has 1 aromatic rings. The highest BCUT2D eigenvalue weighted by Crippen LogP contribution is 2.28. The van der Waals surface area contributed by atoms with Crippen LogP contribution in [0.2, 0.25) is 0 Å². The first-order chi connectivity index (χ1) is 10.2. The van der Waals surface area contributed by atoms with Crippen molar-refractivity contribution in [2.45, 2.75) is 40.3 Å². The Balaban J connectivity index is 2.33. The molecule has 2 nitrogen and oxygen atoms in total. The average Bonchev–Trinajstić information content (AvgIpc) is 2.90. The highest BCUT2D eigenvalue weighted by molar-refractivity contribution is 7.12. The van der Waals surface area contributed by atoms with Crippen LogP contribution in [-0.4, -0.2) is 0 Å². The minimum Gasteiger partial charge on any atom is -0.361 e. The summed E-state index contributed by atoms with van der Waals surface area (Å²) in [6, 6.07) is 4.36. The summed E-state index contributed by atoms with van der Waals surface area (Å²) < 4.78 is 0. The zero-order valence-electron chi connectivity index (χ0n) is 13.2. The third kappa shape index (κ3) is 3.88. The largest absolute Gasteiger partial charge is 0.361 e. The fourth-order valence-corrected chi connectivity index (χ4v) is 3.15. The molecule has 0 saturated heterocycles. The van der Waals surface area contributed by atoms with Gasteiger partial charge in [0.05, 0.1) is 0 Å². The van der Waals surface area contributed by atoms with Gasteiger partial charge in [-0.3, -0.25) is 0 Å². The number of aryl methyl sites for hydroxylation is 1. The van der Waals surface area contributed by atoms with Crippen molar-refractivity contribution in [3.63, 3.8) is 0 Å². The molecule has 0 saturated carbocycles. The topological polar surface area (TPSA) is 24.1 Å². The number of hydrogen-bond acceptors (Lipinski definition) is 3. The van der Waals surface area contributed by atoms with Crippen LogP contribution in [0.25, 0.3) is 0 Å². The molecule has 1 aliphatic heterocycles. The Morgan fingerprint density at radius 2 is 2.05 bits per heavy atom. The maximum atomic E-state index is 3.60. The lowest BCUT2D eigenvalue weighted by Gasteiger charge is -2.30. The molecule has 0 spiro atoms. The van der Waals surface area contributed by atoms with Crippen LogP contribution in [0.1, 0.15) is 43.1 Å². The van der Waals surface area contributed by atoms with Crippen molar-refractivity contribution in [3.8, 4) is 0 Å². The van der Waals surface area contributed by atoms with E-state index in [0.29, 0.717) is 0 Å². The quantitative estimate of drug-likeness (QED) is 0.822. The minimum absolute atomic E-state index is 0.139. The van der Waals surface area contributed by atoms with Gasteiger partial charge in [0.25, 0.3) is 0 Å². The van der Waals surface area contributed by atoms with Crippen LogP contribution in [0.4, 0.5) is 0 Å². The van der Waals surface area contributed by atoms with Gasteiger partial charge in [-0.05, 0) is 57.0 Å². The van der Waals surface area contributed by atoms with E-state index in [1.54, 1.807) is 0 Å². The van der Waals surface area contributed by atoms with E-state index in [4.69, 9.17) is 0 Å². The van der Waals surface area contributed by atoms with Gasteiger partial charge in [-0.25, -0.2) is 0 Å².